The van der Waals surface area contributed by atoms with E-state index in [2.05, 4.69) is 5.32 Å². The van der Waals surface area contributed by atoms with Crippen LogP contribution in [-0.4, -0.2) is 19.3 Å². The van der Waals surface area contributed by atoms with Gasteiger partial charge < -0.3 is 5.32 Å². The SMILES string of the molecule is CC.FC1CNC1. The Hall–Kier alpha value is -0.110. The predicted molar refractivity (Wildman–Crippen MR) is 29.1 cm³/mol. The van der Waals surface area contributed by atoms with Gasteiger partial charge >= 0.3 is 0 Å². The number of rotatable bonds is 0. The molecule has 0 aromatic rings. The first-order valence-electron chi connectivity index (χ1n) is 2.74. The number of halogens is 1. The predicted octanol–water partition coefficient (Wildman–Crippen LogP) is 0.954. The van der Waals surface area contributed by atoms with Crippen molar-refractivity contribution >= 4 is 0 Å². The molecule has 0 spiro atoms. The Morgan fingerprint density at radius 1 is 1.43 bits per heavy atom. The summed E-state index contributed by atoms with van der Waals surface area (Å²) < 4.78 is 11.5. The van der Waals surface area contributed by atoms with E-state index in [4.69, 9.17) is 0 Å². The highest BCUT2D eigenvalue weighted by atomic mass is 19.1. The fourth-order valence-corrected chi connectivity index (χ4v) is 0.253. The third-order valence-electron chi connectivity index (χ3n) is 0.732. The minimum absolute atomic E-state index is 0.546. The molecule has 2 heteroatoms. The van der Waals surface area contributed by atoms with Gasteiger partial charge in [0.05, 0.1) is 0 Å². The molecule has 0 saturated carbocycles. The van der Waals surface area contributed by atoms with Crippen molar-refractivity contribution in [3.8, 4) is 0 Å². The van der Waals surface area contributed by atoms with Crippen LogP contribution in [0.15, 0.2) is 0 Å². The van der Waals surface area contributed by atoms with Crippen LogP contribution >= 0.6 is 0 Å². The zero-order chi connectivity index (χ0) is 5.70. The molecule has 0 atom stereocenters. The van der Waals surface area contributed by atoms with Gasteiger partial charge in [-0.05, 0) is 0 Å². The van der Waals surface area contributed by atoms with Crippen molar-refractivity contribution in [2.45, 2.75) is 20.0 Å². The summed E-state index contributed by atoms with van der Waals surface area (Å²) in [7, 11) is 0. The Morgan fingerprint density at radius 3 is 1.71 bits per heavy atom. The van der Waals surface area contributed by atoms with Gasteiger partial charge in [0, 0.05) is 13.1 Å². The Bertz CT molecular complexity index is 35.1. The van der Waals surface area contributed by atoms with E-state index in [0.717, 1.165) is 0 Å². The van der Waals surface area contributed by atoms with E-state index in [0.29, 0.717) is 13.1 Å². The third-order valence-corrected chi connectivity index (χ3v) is 0.732. The molecule has 1 nitrogen and oxygen atoms in total. The smallest absolute Gasteiger partial charge is 0.125 e. The summed E-state index contributed by atoms with van der Waals surface area (Å²) in [5, 5.41) is 2.79. The first-order valence-corrected chi connectivity index (χ1v) is 2.74. The van der Waals surface area contributed by atoms with E-state index in [-0.39, 0.29) is 0 Å². The van der Waals surface area contributed by atoms with E-state index in [9.17, 15) is 4.39 Å². The molecule has 1 saturated heterocycles. The molecule has 1 fully saturated rings. The third kappa shape index (κ3) is 2.57. The average Bonchev–Trinajstić information content (AvgIpc) is 1.68. The van der Waals surface area contributed by atoms with Gasteiger partial charge in [0.25, 0.3) is 0 Å². The number of alkyl halides is 1. The maximum atomic E-state index is 11.5. The van der Waals surface area contributed by atoms with Crippen LogP contribution in [0.2, 0.25) is 0 Å². The monoisotopic (exact) mass is 105 g/mol. The van der Waals surface area contributed by atoms with Crippen molar-refractivity contribution in [1.29, 1.82) is 0 Å². The van der Waals surface area contributed by atoms with Gasteiger partial charge in [-0.2, -0.15) is 0 Å². The lowest BCUT2D eigenvalue weighted by molar-refractivity contribution is 0.237. The molecule has 0 unspecified atom stereocenters. The zero-order valence-electron chi connectivity index (χ0n) is 4.87. The highest BCUT2D eigenvalue weighted by Gasteiger charge is 2.12. The molecule has 1 rings (SSSR count). The first kappa shape index (κ1) is 6.89. The first-order chi connectivity index (χ1) is 3.39. The Kier molecular flexibility index (Phi) is 4.00. The molecule has 0 aromatic carbocycles. The van der Waals surface area contributed by atoms with Crippen LogP contribution in [-0.2, 0) is 0 Å². The highest BCUT2D eigenvalue weighted by molar-refractivity contribution is 4.71. The van der Waals surface area contributed by atoms with Crippen molar-refractivity contribution in [2.75, 3.05) is 13.1 Å². The van der Waals surface area contributed by atoms with Crippen LogP contribution < -0.4 is 5.32 Å². The lowest BCUT2D eigenvalue weighted by atomic mass is 10.3. The summed E-state index contributed by atoms with van der Waals surface area (Å²) in [6.45, 7) is 5.14. The summed E-state index contributed by atoms with van der Waals surface area (Å²) >= 11 is 0. The van der Waals surface area contributed by atoms with Crippen LogP contribution in [0.3, 0.4) is 0 Å². The number of nitrogens with one attached hydrogen (secondary N) is 1. The molecular weight excluding hydrogens is 93.1 g/mol. The largest absolute Gasteiger partial charge is 0.311 e. The van der Waals surface area contributed by atoms with Gasteiger partial charge in [-0.1, -0.05) is 13.8 Å². The van der Waals surface area contributed by atoms with E-state index < -0.39 is 6.17 Å². The highest BCUT2D eigenvalue weighted by Crippen LogP contribution is 1.92. The quantitative estimate of drug-likeness (QED) is 0.483. The molecule has 0 aliphatic carbocycles. The molecule has 1 aliphatic rings. The summed E-state index contributed by atoms with van der Waals surface area (Å²) in [5.74, 6) is 0. The van der Waals surface area contributed by atoms with Gasteiger partial charge in [-0.3, -0.25) is 0 Å². The lowest BCUT2D eigenvalue weighted by Crippen LogP contribution is -2.43. The van der Waals surface area contributed by atoms with Crippen LogP contribution in [0.1, 0.15) is 13.8 Å². The van der Waals surface area contributed by atoms with Gasteiger partial charge in [-0.25, -0.2) is 4.39 Å². The molecule has 0 bridgehead atoms. The summed E-state index contributed by atoms with van der Waals surface area (Å²) in [6.07, 6.45) is -0.546. The normalized spacial score (nSPS) is 19.3. The Balaban J connectivity index is 0.000000162. The van der Waals surface area contributed by atoms with E-state index in [1.807, 2.05) is 13.8 Å². The summed E-state index contributed by atoms with van der Waals surface area (Å²) in [4.78, 5) is 0. The Labute approximate surface area is 43.9 Å². The second-order valence-electron chi connectivity index (χ2n) is 1.26. The molecule has 1 heterocycles. The summed E-state index contributed by atoms with van der Waals surface area (Å²) in [6, 6.07) is 0. The Morgan fingerprint density at radius 2 is 1.71 bits per heavy atom. The van der Waals surface area contributed by atoms with Crippen molar-refractivity contribution in [2.24, 2.45) is 0 Å². The molecule has 0 amide bonds. The molecular formula is C5H12FN. The van der Waals surface area contributed by atoms with Gasteiger partial charge in [0.1, 0.15) is 6.17 Å². The second kappa shape index (κ2) is 4.06. The number of hydrogen-bond donors (Lipinski definition) is 1. The molecule has 0 radical (unpaired) electrons. The van der Waals surface area contributed by atoms with Crippen molar-refractivity contribution < 1.29 is 4.39 Å². The molecule has 0 aromatic heterocycles. The second-order valence-corrected chi connectivity index (χ2v) is 1.26. The van der Waals surface area contributed by atoms with Crippen molar-refractivity contribution in [1.82, 2.24) is 5.32 Å². The maximum Gasteiger partial charge on any atom is 0.125 e. The zero-order valence-corrected chi connectivity index (χ0v) is 4.87. The van der Waals surface area contributed by atoms with Gasteiger partial charge in [0.15, 0.2) is 0 Å². The van der Waals surface area contributed by atoms with Crippen LogP contribution in [0.5, 0.6) is 0 Å². The lowest BCUT2D eigenvalue weighted by Gasteiger charge is -2.17. The molecule has 1 N–H and O–H groups in total. The average molecular weight is 105 g/mol. The van der Waals surface area contributed by atoms with Crippen molar-refractivity contribution in [3.63, 3.8) is 0 Å². The van der Waals surface area contributed by atoms with Crippen molar-refractivity contribution in [3.05, 3.63) is 0 Å². The molecule has 44 valence electrons. The van der Waals surface area contributed by atoms with E-state index in [1.165, 1.54) is 0 Å². The topological polar surface area (TPSA) is 12.0 Å². The van der Waals surface area contributed by atoms with Gasteiger partial charge in [0.2, 0.25) is 0 Å². The fraction of sp³-hybridized carbons (Fsp3) is 1.00. The molecule has 7 heavy (non-hydrogen) atoms. The number of hydrogen-bond acceptors (Lipinski definition) is 1. The van der Waals surface area contributed by atoms with Crippen LogP contribution in [0.25, 0.3) is 0 Å². The minimum atomic E-state index is -0.546. The summed E-state index contributed by atoms with van der Waals surface area (Å²) in [5.41, 5.74) is 0. The van der Waals surface area contributed by atoms with Crippen LogP contribution in [0, 0.1) is 0 Å². The maximum absolute atomic E-state index is 11.5. The van der Waals surface area contributed by atoms with E-state index in [1.54, 1.807) is 0 Å². The fourth-order valence-electron chi connectivity index (χ4n) is 0.253. The van der Waals surface area contributed by atoms with E-state index >= 15 is 0 Å². The van der Waals surface area contributed by atoms with Gasteiger partial charge in [-0.15, -0.1) is 0 Å². The standard InChI is InChI=1S/C3H6FN.C2H6/c4-3-1-5-2-3;1-2/h3,5H,1-2H2;1-2H3. The molecule has 1 aliphatic heterocycles. The van der Waals surface area contributed by atoms with Crippen LogP contribution in [0.4, 0.5) is 4.39 Å². The minimum Gasteiger partial charge on any atom is -0.311 e.